The van der Waals surface area contributed by atoms with Gasteiger partial charge < -0.3 is 15.4 Å². The lowest BCUT2D eigenvalue weighted by Gasteiger charge is -2.07. The van der Waals surface area contributed by atoms with Crippen molar-refractivity contribution in [3.05, 3.63) is 80.6 Å². The van der Waals surface area contributed by atoms with Gasteiger partial charge in [-0.2, -0.15) is 0 Å². The number of sulfone groups is 1. The number of aryl methyl sites for hydroxylation is 1. The van der Waals surface area contributed by atoms with Crippen LogP contribution in [0, 0.1) is 13.8 Å². The molecule has 1 aliphatic rings. The number of anilines is 1. The van der Waals surface area contributed by atoms with Crippen LogP contribution >= 0.6 is 15.9 Å². The maximum Gasteiger partial charge on any atom is 0.337 e. The summed E-state index contributed by atoms with van der Waals surface area (Å²) in [5.41, 5.74) is 3.48. The van der Waals surface area contributed by atoms with Crippen molar-refractivity contribution in [2.24, 2.45) is 0 Å². The van der Waals surface area contributed by atoms with Gasteiger partial charge in [-0.1, -0.05) is 28.1 Å². The fraction of sp³-hybridized carbons (Fsp3) is 0.130. The summed E-state index contributed by atoms with van der Waals surface area (Å²) in [5, 5.41) is 12.1. The van der Waals surface area contributed by atoms with E-state index in [0.717, 1.165) is 4.47 Å². The molecule has 0 unspecified atom stereocenters. The number of rotatable bonds is 5. The summed E-state index contributed by atoms with van der Waals surface area (Å²) in [7, 11) is -3.66. The molecule has 164 valence electrons. The number of nitrogens with one attached hydrogen (secondary N) is 2. The number of amides is 1. The van der Waals surface area contributed by atoms with Crippen LogP contribution in [0.25, 0.3) is 11.6 Å². The SMILES string of the molecule is Cc1[nH]c(/C=C2\C(=O)Nc3ccc(S(=O)(=O)Cc4cccc(Br)c4)cc32)c(C)c1C(=O)O. The molecule has 0 aliphatic carbocycles. The number of benzene rings is 2. The molecule has 0 bridgehead atoms. The van der Waals surface area contributed by atoms with Crippen LogP contribution in [-0.4, -0.2) is 30.4 Å². The van der Waals surface area contributed by atoms with Gasteiger partial charge in [0, 0.05) is 27.1 Å². The zero-order valence-electron chi connectivity index (χ0n) is 17.2. The number of hydrogen-bond acceptors (Lipinski definition) is 4. The summed E-state index contributed by atoms with van der Waals surface area (Å²) in [6.45, 7) is 3.31. The maximum atomic E-state index is 13.0. The zero-order valence-corrected chi connectivity index (χ0v) is 19.6. The van der Waals surface area contributed by atoms with Crippen molar-refractivity contribution in [3.63, 3.8) is 0 Å². The fourth-order valence-corrected chi connectivity index (χ4v) is 5.62. The first kappa shape index (κ1) is 22.0. The normalized spacial score (nSPS) is 14.5. The van der Waals surface area contributed by atoms with Crippen molar-refractivity contribution in [2.75, 3.05) is 5.32 Å². The van der Waals surface area contributed by atoms with Crippen LogP contribution in [0.15, 0.2) is 51.8 Å². The number of halogens is 1. The number of carboxylic acid groups (broad SMARTS) is 1. The number of carbonyl (C=O) groups is 2. The van der Waals surface area contributed by atoms with E-state index in [1.807, 2.05) is 6.07 Å². The average molecular weight is 515 g/mol. The Morgan fingerprint density at radius 1 is 1.16 bits per heavy atom. The number of fused-ring (bicyclic) bond motifs is 1. The van der Waals surface area contributed by atoms with Crippen molar-refractivity contribution >= 4 is 55.0 Å². The molecule has 4 rings (SSSR count). The third-order valence-electron chi connectivity index (χ3n) is 5.36. The number of aromatic amines is 1. The van der Waals surface area contributed by atoms with E-state index >= 15 is 0 Å². The van der Waals surface area contributed by atoms with Gasteiger partial charge in [0.15, 0.2) is 9.84 Å². The van der Waals surface area contributed by atoms with E-state index in [-0.39, 0.29) is 27.7 Å². The van der Waals surface area contributed by atoms with Gasteiger partial charge in [0.05, 0.1) is 21.8 Å². The minimum absolute atomic E-state index is 0.101. The predicted octanol–water partition coefficient (Wildman–Crippen LogP) is 4.56. The molecule has 3 N–H and O–H groups in total. The number of carbonyl (C=O) groups excluding carboxylic acids is 1. The van der Waals surface area contributed by atoms with Gasteiger partial charge in [0.2, 0.25) is 0 Å². The third-order valence-corrected chi connectivity index (χ3v) is 7.54. The molecular formula is C23H19BrN2O5S. The van der Waals surface area contributed by atoms with Crippen molar-refractivity contribution in [3.8, 4) is 0 Å². The summed E-state index contributed by atoms with van der Waals surface area (Å²) >= 11 is 3.35. The highest BCUT2D eigenvalue weighted by Gasteiger charge is 2.28. The average Bonchev–Trinajstić information content (AvgIpc) is 3.16. The molecule has 1 amide bonds. The van der Waals surface area contributed by atoms with Gasteiger partial charge in [-0.15, -0.1) is 0 Å². The van der Waals surface area contributed by atoms with Crippen LogP contribution in [0.5, 0.6) is 0 Å². The van der Waals surface area contributed by atoms with E-state index in [1.165, 1.54) is 12.1 Å². The van der Waals surface area contributed by atoms with E-state index in [9.17, 15) is 23.1 Å². The molecule has 1 aliphatic heterocycles. The van der Waals surface area contributed by atoms with Gasteiger partial charge in [-0.05, 0) is 61.4 Å². The number of carboxylic acids is 1. The second kappa shape index (κ2) is 8.07. The Kier molecular flexibility index (Phi) is 5.56. The Bertz CT molecular complexity index is 1420. The fourth-order valence-electron chi connectivity index (χ4n) is 3.82. The van der Waals surface area contributed by atoms with Crippen molar-refractivity contribution < 1.29 is 23.1 Å². The molecule has 0 radical (unpaired) electrons. The van der Waals surface area contributed by atoms with E-state index in [0.29, 0.717) is 33.8 Å². The molecule has 9 heteroatoms. The first-order valence-electron chi connectivity index (χ1n) is 9.64. The molecule has 0 saturated carbocycles. The molecule has 7 nitrogen and oxygen atoms in total. The third kappa shape index (κ3) is 4.01. The lowest BCUT2D eigenvalue weighted by molar-refractivity contribution is -0.110. The summed E-state index contributed by atoms with van der Waals surface area (Å²) in [6, 6.07) is 11.6. The molecule has 0 fully saturated rings. The summed E-state index contributed by atoms with van der Waals surface area (Å²) < 4.78 is 26.8. The molecule has 3 aromatic rings. The Labute approximate surface area is 193 Å². The lowest BCUT2D eigenvalue weighted by Crippen LogP contribution is -2.05. The number of H-pyrrole nitrogens is 1. The Hall–Kier alpha value is -3.17. The predicted molar refractivity (Wildman–Crippen MR) is 125 cm³/mol. The Morgan fingerprint density at radius 2 is 1.91 bits per heavy atom. The smallest absolute Gasteiger partial charge is 0.337 e. The van der Waals surface area contributed by atoms with Crippen LogP contribution in [-0.2, 0) is 20.4 Å². The van der Waals surface area contributed by atoms with Gasteiger partial charge >= 0.3 is 5.97 Å². The number of hydrogen-bond donors (Lipinski definition) is 3. The number of aromatic nitrogens is 1. The van der Waals surface area contributed by atoms with Gasteiger partial charge in [0.25, 0.3) is 5.91 Å². The maximum absolute atomic E-state index is 13.0. The van der Waals surface area contributed by atoms with Crippen LogP contribution in [0.1, 0.15) is 38.4 Å². The standard InChI is InChI=1S/C23H19BrN2O5S/c1-12-20(25-13(2)21(12)23(28)29)10-18-17-9-16(6-7-19(17)26-22(18)27)32(30,31)11-14-4-3-5-15(24)8-14/h3-10,25H,11H2,1-2H3,(H,26,27)(H,28,29)/b18-10-. The monoisotopic (exact) mass is 514 g/mol. The highest BCUT2D eigenvalue weighted by atomic mass is 79.9. The first-order chi connectivity index (χ1) is 15.1. The molecule has 0 atom stereocenters. The largest absolute Gasteiger partial charge is 0.478 e. The number of aromatic carboxylic acids is 1. The first-order valence-corrected chi connectivity index (χ1v) is 12.1. The van der Waals surface area contributed by atoms with Crippen LogP contribution in [0.4, 0.5) is 5.69 Å². The van der Waals surface area contributed by atoms with Crippen LogP contribution in [0.3, 0.4) is 0 Å². The van der Waals surface area contributed by atoms with Gasteiger partial charge in [-0.3, -0.25) is 4.79 Å². The zero-order chi connectivity index (χ0) is 23.2. The highest BCUT2D eigenvalue weighted by molar-refractivity contribution is 9.10. The van der Waals surface area contributed by atoms with E-state index in [1.54, 1.807) is 44.2 Å². The van der Waals surface area contributed by atoms with Crippen LogP contribution < -0.4 is 5.32 Å². The summed E-state index contributed by atoms with van der Waals surface area (Å²) in [6.07, 6.45) is 1.56. The molecule has 1 aromatic heterocycles. The van der Waals surface area contributed by atoms with Gasteiger partial charge in [-0.25, -0.2) is 13.2 Å². The summed E-state index contributed by atoms with van der Waals surface area (Å²) in [5.74, 6) is -1.62. The van der Waals surface area contributed by atoms with Crippen molar-refractivity contribution in [1.29, 1.82) is 0 Å². The molecule has 0 spiro atoms. The minimum Gasteiger partial charge on any atom is -0.478 e. The molecule has 0 saturated heterocycles. The second-order valence-corrected chi connectivity index (χ2v) is 10.5. The van der Waals surface area contributed by atoms with E-state index < -0.39 is 15.8 Å². The minimum atomic E-state index is -3.66. The van der Waals surface area contributed by atoms with Gasteiger partial charge in [0.1, 0.15) is 0 Å². The lowest BCUT2D eigenvalue weighted by atomic mass is 10.0. The van der Waals surface area contributed by atoms with Crippen molar-refractivity contribution in [2.45, 2.75) is 24.5 Å². The topological polar surface area (TPSA) is 116 Å². The van der Waals surface area contributed by atoms with Crippen LogP contribution in [0.2, 0.25) is 0 Å². The highest BCUT2D eigenvalue weighted by Crippen LogP contribution is 2.36. The molecule has 2 aromatic carbocycles. The van der Waals surface area contributed by atoms with Crippen molar-refractivity contribution in [1.82, 2.24) is 4.98 Å². The van der Waals surface area contributed by atoms with E-state index in [4.69, 9.17) is 0 Å². The van der Waals surface area contributed by atoms with E-state index in [2.05, 4.69) is 26.2 Å². The quantitative estimate of drug-likeness (QED) is 0.431. The second-order valence-electron chi connectivity index (χ2n) is 7.58. The molecule has 2 heterocycles. The molecular weight excluding hydrogens is 496 g/mol. The summed E-state index contributed by atoms with van der Waals surface area (Å²) in [4.78, 5) is 27.2. The Balaban J connectivity index is 1.75. The Morgan fingerprint density at radius 3 is 2.56 bits per heavy atom. The molecule has 32 heavy (non-hydrogen) atoms.